The Morgan fingerprint density at radius 2 is 1.96 bits per heavy atom. The molecule has 1 aliphatic heterocycles. The summed E-state index contributed by atoms with van der Waals surface area (Å²) in [5.41, 5.74) is 4.45. The maximum absolute atomic E-state index is 13.0. The molecule has 3 heterocycles. The zero-order valence-corrected chi connectivity index (χ0v) is 16.0. The Kier molecular flexibility index (Phi) is 4.76. The normalized spacial score (nSPS) is 19.9. The van der Waals surface area contributed by atoms with Crippen molar-refractivity contribution in [1.82, 2.24) is 19.2 Å². The number of nitrogens with zero attached hydrogens (tertiary/aromatic N) is 4. The van der Waals surface area contributed by atoms with Crippen LogP contribution in [-0.4, -0.2) is 64.0 Å². The summed E-state index contributed by atoms with van der Waals surface area (Å²) in [7, 11) is 0. The van der Waals surface area contributed by atoms with Gasteiger partial charge in [0.15, 0.2) is 0 Å². The first-order valence-electron chi connectivity index (χ1n) is 9.73. The lowest BCUT2D eigenvalue weighted by Gasteiger charge is -2.36. The first kappa shape index (κ1) is 17.8. The van der Waals surface area contributed by atoms with Gasteiger partial charge in [-0.05, 0) is 44.4 Å². The third-order valence-electron chi connectivity index (χ3n) is 5.60. The van der Waals surface area contributed by atoms with Crippen molar-refractivity contribution < 1.29 is 14.3 Å². The second kappa shape index (κ2) is 7.21. The van der Waals surface area contributed by atoms with Crippen LogP contribution in [-0.2, 0) is 22.4 Å². The molecule has 1 fully saturated rings. The summed E-state index contributed by atoms with van der Waals surface area (Å²) >= 11 is 0. The van der Waals surface area contributed by atoms with Gasteiger partial charge in [-0.2, -0.15) is 0 Å². The average molecular weight is 370 g/mol. The topological polar surface area (TPSA) is 67.2 Å². The highest BCUT2D eigenvalue weighted by molar-refractivity contribution is 5.80. The minimum atomic E-state index is -0.284. The van der Waals surface area contributed by atoms with Gasteiger partial charge in [-0.3, -0.25) is 4.79 Å². The lowest BCUT2D eigenvalue weighted by Crippen LogP contribution is -2.52. The van der Waals surface area contributed by atoms with Crippen LogP contribution in [0.4, 0.5) is 4.79 Å². The van der Waals surface area contributed by atoms with E-state index in [9.17, 15) is 9.59 Å². The van der Waals surface area contributed by atoms with Crippen molar-refractivity contribution in [3.63, 3.8) is 0 Å². The molecule has 7 nitrogen and oxygen atoms in total. The third kappa shape index (κ3) is 3.38. The van der Waals surface area contributed by atoms with Gasteiger partial charge in [0.2, 0.25) is 5.91 Å². The van der Waals surface area contributed by atoms with Gasteiger partial charge in [0.05, 0.1) is 12.3 Å². The van der Waals surface area contributed by atoms with Gasteiger partial charge in [0.1, 0.15) is 5.65 Å². The summed E-state index contributed by atoms with van der Waals surface area (Å²) < 4.78 is 7.17. The molecule has 2 aromatic heterocycles. The smallest absolute Gasteiger partial charge is 0.409 e. The van der Waals surface area contributed by atoms with Gasteiger partial charge in [-0.1, -0.05) is 0 Å². The number of hydrogen-bond donors (Lipinski definition) is 0. The quantitative estimate of drug-likeness (QED) is 0.811. The van der Waals surface area contributed by atoms with E-state index in [-0.39, 0.29) is 17.9 Å². The lowest BCUT2D eigenvalue weighted by atomic mass is 9.88. The standard InChI is InChI=1S/C20H26N4O3/c1-3-27-20(26)23-10-8-22(9-11-23)19(25)15-4-5-16-17(13-15)24-7-6-14(2)12-18(24)21-16/h6-7,12,15H,3-5,8-11,13H2,1-2H3. The molecule has 0 radical (unpaired) electrons. The zero-order valence-electron chi connectivity index (χ0n) is 16.0. The predicted octanol–water partition coefficient (Wildman–Crippen LogP) is 2.05. The van der Waals surface area contributed by atoms with E-state index < -0.39 is 0 Å². The second-order valence-corrected chi connectivity index (χ2v) is 7.39. The van der Waals surface area contributed by atoms with Crippen LogP contribution in [0.5, 0.6) is 0 Å². The van der Waals surface area contributed by atoms with Crippen LogP contribution in [0.1, 0.15) is 30.3 Å². The number of carbonyl (C=O) groups is 2. The SMILES string of the molecule is CCOC(=O)N1CCN(C(=O)C2CCc3nc4cc(C)ccn4c3C2)CC1. The van der Waals surface area contributed by atoms with E-state index in [4.69, 9.17) is 9.72 Å². The number of rotatable bonds is 2. The number of carbonyl (C=O) groups excluding carboxylic acids is 2. The number of pyridine rings is 1. The highest BCUT2D eigenvalue weighted by Crippen LogP contribution is 2.28. The minimum Gasteiger partial charge on any atom is -0.450 e. The molecular weight excluding hydrogens is 344 g/mol. The van der Waals surface area contributed by atoms with E-state index in [0.717, 1.165) is 30.6 Å². The Labute approximate surface area is 158 Å². The maximum atomic E-state index is 13.0. The van der Waals surface area contributed by atoms with E-state index >= 15 is 0 Å². The highest BCUT2D eigenvalue weighted by Gasteiger charge is 2.33. The van der Waals surface area contributed by atoms with Gasteiger partial charge >= 0.3 is 6.09 Å². The molecule has 1 atom stereocenters. The molecule has 0 N–H and O–H groups in total. The Bertz CT molecular complexity index is 867. The molecule has 2 aliphatic rings. The largest absolute Gasteiger partial charge is 0.450 e. The molecule has 2 amide bonds. The second-order valence-electron chi connectivity index (χ2n) is 7.39. The summed E-state index contributed by atoms with van der Waals surface area (Å²) in [4.78, 5) is 33.2. The fourth-order valence-electron chi connectivity index (χ4n) is 4.10. The zero-order chi connectivity index (χ0) is 19.0. The first-order valence-corrected chi connectivity index (χ1v) is 9.73. The van der Waals surface area contributed by atoms with Crippen LogP contribution in [0.15, 0.2) is 18.3 Å². The molecule has 0 aromatic carbocycles. The number of hydrogen-bond acceptors (Lipinski definition) is 4. The van der Waals surface area contributed by atoms with Gasteiger partial charge < -0.3 is 18.9 Å². The maximum Gasteiger partial charge on any atom is 0.409 e. The lowest BCUT2D eigenvalue weighted by molar-refractivity contribution is -0.137. The number of imidazole rings is 1. The number of aryl methyl sites for hydroxylation is 2. The monoisotopic (exact) mass is 370 g/mol. The summed E-state index contributed by atoms with van der Waals surface area (Å²) in [5, 5.41) is 0. The van der Waals surface area contributed by atoms with E-state index in [1.807, 2.05) is 4.90 Å². The van der Waals surface area contributed by atoms with Crippen molar-refractivity contribution in [2.24, 2.45) is 5.92 Å². The molecule has 27 heavy (non-hydrogen) atoms. The first-order chi connectivity index (χ1) is 13.1. The molecular formula is C20H26N4O3. The van der Waals surface area contributed by atoms with Gasteiger partial charge in [0, 0.05) is 50.4 Å². The molecule has 0 spiro atoms. The average Bonchev–Trinajstić information content (AvgIpc) is 3.04. The van der Waals surface area contributed by atoms with Crippen LogP contribution < -0.4 is 0 Å². The molecule has 7 heteroatoms. The number of piperazine rings is 1. The molecule has 1 unspecified atom stereocenters. The van der Waals surface area contributed by atoms with Gasteiger partial charge in [-0.15, -0.1) is 0 Å². The number of aromatic nitrogens is 2. The highest BCUT2D eigenvalue weighted by atomic mass is 16.6. The van der Waals surface area contributed by atoms with Crippen LogP contribution in [0.3, 0.4) is 0 Å². The summed E-state index contributed by atoms with van der Waals surface area (Å²) in [6.45, 7) is 6.48. The Balaban J connectivity index is 1.43. The molecule has 4 rings (SSSR count). The number of amides is 2. The van der Waals surface area contributed by atoms with Crippen molar-refractivity contribution in [2.75, 3.05) is 32.8 Å². The molecule has 1 saturated heterocycles. The van der Waals surface area contributed by atoms with Crippen molar-refractivity contribution in [2.45, 2.75) is 33.1 Å². The van der Waals surface area contributed by atoms with Crippen LogP contribution in [0, 0.1) is 12.8 Å². The Hall–Kier alpha value is -2.57. The summed E-state index contributed by atoms with van der Waals surface area (Å²) in [5.74, 6) is 0.194. The number of ether oxygens (including phenoxy) is 1. The summed E-state index contributed by atoms with van der Waals surface area (Å²) in [6, 6.07) is 4.17. The Morgan fingerprint density at radius 3 is 2.70 bits per heavy atom. The Morgan fingerprint density at radius 1 is 1.22 bits per heavy atom. The van der Waals surface area contributed by atoms with Crippen LogP contribution in [0.25, 0.3) is 5.65 Å². The van der Waals surface area contributed by atoms with Crippen LogP contribution >= 0.6 is 0 Å². The van der Waals surface area contributed by atoms with E-state index in [2.05, 4.69) is 29.7 Å². The van der Waals surface area contributed by atoms with Gasteiger partial charge in [0.25, 0.3) is 0 Å². The molecule has 144 valence electrons. The fourth-order valence-corrected chi connectivity index (χ4v) is 4.10. The van der Waals surface area contributed by atoms with E-state index in [0.29, 0.717) is 32.8 Å². The number of fused-ring (bicyclic) bond motifs is 3. The fraction of sp³-hybridized carbons (Fsp3) is 0.550. The van der Waals surface area contributed by atoms with Crippen LogP contribution in [0.2, 0.25) is 0 Å². The third-order valence-corrected chi connectivity index (χ3v) is 5.60. The molecule has 1 aliphatic carbocycles. The van der Waals surface area contributed by atoms with Crippen molar-refractivity contribution >= 4 is 17.6 Å². The minimum absolute atomic E-state index is 0.00662. The van der Waals surface area contributed by atoms with Crippen molar-refractivity contribution in [3.8, 4) is 0 Å². The molecule has 2 aromatic rings. The summed E-state index contributed by atoms with van der Waals surface area (Å²) in [6.07, 6.45) is 4.19. The molecule has 0 saturated carbocycles. The van der Waals surface area contributed by atoms with E-state index in [1.165, 1.54) is 11.3 Å². The van der Waals surface area contributed by atoms with E-state index in [1.54, 1.807) is 11.8 Å². The predicted molar refractivity (Wildman–Crippen MR) is 101 cm³/mol. The van der Waals surface area contributed by atoms with Crippen molar-refractivity contribution in [1.29, 1.82) is 0 Å². The van der Waals surface area contributed by atoms with Gasteiger partial charge in [-0.25, -0.2) is 9.78 Å². The van der Waals surface area contributed by atoms with Crippen molar-refractivity contribution in [3.05, 3.63) is 35.3 Å². The molecule has 0 bridgehead atoms.